The number of carbonyl (C=O) groups excluding carboxylic acids is 5. The van der Waals surface area contributed by atoms with Crippen LogP contribution in [0.2, 0.25) is 0 Å². The third-order valence-electron chi connectivity index (χ3n) is 5.23. The van der Waals surface area contributed by atoms with Gasteiger partial charge >= 0.3 is 23.9 Å². The topological polar surface area (TPSA) is 122 Å². The Hall–Kier alpha value is -3.49. The number of unbranched alkanes of at least 4 members (excludes halogenated alkanes) is 3. The molecule has 36 heavy (non-hydrogen) atoms. The number of hydrogen-bond acceptors (Lipinski definition) is 9. The molecular weight excluding hydrogens is 468 g/mol. The number of hydrogen-bond donors (Lipinski definition) is 0. The van der Waals surface area contributed by atoms with Crippen LogP contribution in [0.5, 0.6) is 0 Å². The maximum absolute atomic E-state index is 12.6. The fourth-order valence-electron chi connectivity index (χ4n) is 3.57. The highest BCUT2D eigenvalue weighted by molar-refractivity contribution is 6.09. The van der Waals surface area contributed by atoms with Gasteiger partial charge in [0.25, 0.3) is 0 Å². The van der Waals surface area contributed by atoms with Crippen molar-refractivity contribution < 1.29 is 42.9 Å². The molecule has 0 aliphatic heterocycles. The van der Waals surface area contributed by atoms with E-state index in [1.807, 2.05) is 12.2 Å². The average molecular weight is 505 g/mol. The van der Waals surface area contributed by atoms with Crippen LogP contribution in [-0.2, 0) is 42.9 Å². The van der Waals surface area contributed by atoms with Crippen LogP contribution in [-0.4, -0.2) is 55.1 Å². The smallest absolute Gasteiger partial charge is 0.305 e. The van der Waals surface area contributed by atoms with Crippen molar-refractivity contribution in [2.45, 2.75) is 77.4 Å². The molecule has 1 aliphatic carbocycles. The summed E-state index contributed by atoms with van der Waals surface area (Å²) < 4.78 is 20.3. The van der Waals surface area contributed by atoms with Gasteiger partial charge in [-0.05, 0) is 50.3 Å². The van der Waals surface area contributed by atoms with Gasteiger partial charge in [0.2, 0.25) is 0 Å². The van der Waals surface area contributed by atoms with Gasteiger partial charge in [-0.3, -0.25) is 24.0 Å². The second kappa shape index (κ2) is 16.2. The van der Waals surface area contributed by atoms with Crippen molar-refractivity contribution in [2.75, 3.05) is 13.7 Å². The Morgan fingerprint density at radius 3 is 2.39 bits per heavy atom. The number of esters is 4. The maximum Gasteiger partial charge on any atom is 0.305 e. The molecule has 0 amide bonds. The fourth-order valence-corrected chi connectivity index (χ4v) is 3.57. The maximum atomic E-state index is 12.6. The zero-order valence-corrected chi connectivity index (χ0v) is 21.4. The molecule has 0 saturated heterocycles. The first-order valence-corrected chi connectivity index (χ1v) is 11.9. The average Bonchev–Trinajstić information content (AvgIpc) is 3.10. The van der Waals surface area contributed by atoms with E-state index in [4.69, 9.17) is 14.2 Å². The summed E-state index contributed by atoms with van der Waals surface area (Å²) in [6.07, 6.45) is 14.7. The van der Waals surface area contributed by atoms with Crippen LogP contribution in [0.4, 0.5) is 0 Å². The highest BCUT2D eigenvalue weighted by Crippen LogP contribution is 2.34. The van der Waals surface area contributed by atoms with Crippen LogP contribution in [0.3, 0.4) is 0 Å². The molecule has 0 aromatic rings. The predicted molar refractivity (Wildman–Crippen MR) is 132 cm³/mol. The molecule has 0 saturated carbocycles. The second-order valence-corrected chi connectivity index (χ2v) is 8.27. The summed E-state index contributed by atoms with van der Waals surface area (Å²) >= 11 is 0. The summed E-state index contributed by atoms with van der Waals surface area (Å²) in [7, 11) is 1.27. The zero-order chi connectivity index (χ0) is 27.0. The SMILES string of the molecule is COC(=O)CCC(C=CC=C1C(=O)C=CC1(CC=CCCCCCOC(C)=O)OC(C)=O)OC(C)=O. The highest BCUT2D eigenvalue weighted by Gasteiger charge is 2.41. The van der Waals surface area contributed by atoms with Gasteiger partial charge in [0.05, 0.1) is 13.7 Å². The van der Waals surface area contributed by atoms with E-state index in [0.29, 0.717) is 6.61 Å². The molecule has 1 aliphatic rings. The van der Waals surface area contributed by atoms with Crippen LogP contribution in [0.15, 0.2) is 48.1 Å². The summed E-state index contributed by atoms with van der Waals surface area (Å²) in [5, 5.41) is 0. The first-order valence-electron chi connectivity index (χ1n) is 11.9. The third-order valence-corrected chi connectivity index (χ3v) is 5.23. The van der Waals surface area contributed by atoms with E-state index in [9.17, 15) is 24.0 Å². The number of methoxy groups -OCH3 is 1. The Morgan fingerprint density at radius 2 is 1.75 bits per heavy atom. The largest absolute Gasteiger partial charge is 0.469 e. The predicted octanol–water partition coefficient (Wildman–Crippen LogP) is 3.86. The van der Waals surface area contributed by atoms with Crippen molar-refractivity contribution in [2.24, 2.45) is 0 Å². The molecule has 0 aromatic heterocycles. The molecule has 2 unspecified atom stereocenters. The van der Waals surface area contributed by atoms with E-state index in [0.717, 1.165) is 25.7 Å². The summed E-state index contributed by atoms with van der Waals surface area (Å²) in [4.78, 5) is 58.0. The standard InChI is InChI=1S/C27H36O9/c1-20(28)34-19-10-8-6-5-7-9-17-27(36-22(3)30)18-16-25(31)24(27)13-11-12-23(35-21(2)29)14-15-26(32)33-4/h7,9,11-13,16,18,23H,5-6,8,10,14-15,17,19H2,1-4H3. The molecule has 198 valence electrons. The molecule has 2 atom stereocenters. The Balaban J connectivity index is 2.87. The Morgan fingerprint density at radius 1 is 1.00 bits per heavy atom. The number of rotatable bonds is 15. The summed E-state index contributed by atoms with van der Waals surface area (Å²) in [5.41, 5.74) is -0.961. The molecule has 0 radical (unpaired) electrons. The van der Waals surface area contributed by atoms with E-state index in [-0.39, 0.29) is 36.6 Å². The minimum Gasteiger partial charge on any atom is -0.469 e. The molecular formula is C27H36O9. The molecule has 0 aromatic carbocycles. The lowest BCUT2D eigenvalue weighted by Gasteiger charge is -2.27. The van der Waals surface area contributed by atoms with Gasteiger partial charge in [-0.15, -0.1) is 0 Å². The van der Waals surface area contributed by atoms with E-state index < -0.39 is 29.6 Å². The van der Waals surface area contributed by atoms with E-state index >= 15 is 0 Å². The summed E-state index contributed by atoms with van der Waals surface area (Å²) in [6, 6.07) is 0. The van der Waals surface area contributed by atoms with Crippen molar-refractivity contribution in [1.29, 1.82) is 0 Å². The molecule has 0 N–H and O–H groups in total. The Labute approximate surface area is 212 Å². The van der Waals surface area contributed by atoms with Gasteiger partial charge in [-0.25, -0.2) is 0 Å². The van der Waals surface area contributed by atoms with E-state index in [1.54, 1.807) is 18.2 Å². The fraction of sp³-hybridized carbons (Fsp3) is 0.519. The van der Waals surface area contributed by atoms with Crippen molar-refractivity contribution in [3.8, 4) is 0 Å². The van der Waals surface area contributed by atoms with Gasteiger partial charge in [-0.1, -0.05) is 24.3 Å². The quantitative estimate of drug-likeness (QED) is 0.108. The lowest BCUT2D eigenvalue weighted by atomic mass is 9.91. The molecule has 1 rings (SSSR count). The summed E-state index contributed by atoms with van der Waals surface area (Å²) in [6.45, 7) is 4.33. The minimum atomic E-state index is -1.23. The van der Waals surface area contributed by atoms with Gasteiger partial charge in [0.1, 0.15) is 6.10 Å². The molecule has 9 nitrogen and oxygen atoms in total. The van der Waals surface area contributed by atoms with Gasteiger partial charge < -0.3 is 18.9 Å². The summed E-state index contributed by atoms with van der Waals surface area (Å²) in [5.74, 6) is -2.05. The Bertz CT molecular complexity index is 910. The molecule has 9 heteroatoms. The number of carbonyl (C=O) groups is 5. The minimum absolute atomic E-state index is 0.0573. The first kappa shape index (κ1) is 30.5. The monoisotopic (exact) mass is 504 g/mol. The van der Waals surface area contributed by atoms with E-state index in [1.165, 1.54) is 40.0 Å². The zero-order valence-electron chi connectivity index (χ0n) is 21.4. The first-order chi connectivity index (χ1) is 17.1. The lowest BCUT2D eigenvalue weighted by Crippen LogP contribution is -2.33. The molecule has 0 heterocycles. The van der Waals surface area contributed by atoms with Crippen molar-refractivity contribution >= 4 is 29.7 Å². The van der Waals surface area contributed by atoms with Crippen LogP contribution in [0.25, 0.3) is 0 Å². The molecule has 0 fully saturated rings. The number of ether oxygens (including phenoxy) is 4. The molecule has 0 bridgehead atoms. The van der Waals surface area contributed by atoms with Crippen molar-refractivity contribution in [3.63, 3.8) is 0 Å². The number of ketones is 1. The highest BCUT2D eigenvalue weighted by atomic mass is 16.6. The Kier molecular flexibility index (Phi) is 13.8. The van der Waals surface area contributed by atoms with E-state index in [2.05, 4.69) is 4.74 Å². The molecule has 0 spiro atoms. The second-order valence-electron chi connectivity index (χ2n) is 8.27. The third kappa shape index (κ3) is 11.8. The van der Waals surface area contributed by atoms with Gasteiger partial charge in [0.15, 0.2) is 11.4 Å². The number of allylic oxidation sites excluding steroid dienone is 4. The van der Waals surface area contributed by atoms with Gasteiger partial charge in [0, 0.05) is 39.2 Å². The van der Waals surface area contributed by atoms with Crippen LogP contribution >= 0.6 is 0 Å². The van der Waals surface area contributed by atoms with Crippen LogP contribution < -0.4 is 0 Å². The lowest BCUT2D eigenvalue weighted by molar-refractivity contribution is -0.149. The van der Waals surface area contributed by atoms with Crippen LogP contribution in [0.1, 0.15) is 65.7 Å². The normalized spacial score (nSPS) is 19.1. The van der Waals surface area contributed by atoms with Gasteiger partial charge in [-0.2, -0.15) is 0 Å². The van der Waals surface area contributed by atoms with Crippen molar-refractivity contribution in [3.05, 3.63) is 48.1 Å². The van der Waals surface area contributed by atoms with Crippen LogP contribution in [0, 0.1) is 0 Å². The van der Waals surface area contributed by atoms with Crippen molar-refractivity contribution in [1.82, 2.24) is 0 Å².